The second-order valence-corrected chi connectivity index (χ2v) is 10.3. The Morgan fingerprint density at radius 1 is 0.958 bits per heavy atom. The summed E-state index contributed by atoms with van der Waals surface area (Å²) in [6.45, 7) is 4.66. The molecule has 2 saturated carbocycles. The summed E-state index contributed by atoms with van der Waals surface area (Å²) in [5.41, 5.74) is 0.195. The third-order valence-electron chi connectivity index (χ3n) is 7.75. The fourth-order valence-electron chi connectivity index (χ4n) is 6.14. The zero-order valence-corrected chi connectivity index (χ0v) is 17.0. The van der Waals surface area contributed by atoms with E-state index in [0.717, 1.165) is 17.1 Å². The molecule has 1 heterocycles. The molecule has 1 aliphatic heterocycles. The number of hydrogen-bond donors (Lipinski definition) is 1. The van der Waals surface area contributed by atoms with Crippen LogP contribution in [-0.4, -0.2) is 22.2 Å². The maximum Gasteiger partial charge on any atom is 0.0638 e. The number of aliphatic hydroxyl groups is 1. The van der Waals surface area contributed by atoms with E-state index in [2.05, 4.69) is 25.6 Å². The number of rotatable bonds is 5. The molecule has 0 bridgehead atoms. The van der Waals surface area contributed by atoms with Gasteiger partial charge >= 0.3 is 0 Å². The van der Waals surface area contributed by atoms with Gasteiger partial charge in [-0.1, -0.05) is 71.6 Å². The Labute approximate surface area is 154 Å². The molecule has 0 aromatic rings. The van der Waals surface area contributed by atoms with Crippen molar-refractivity contribution >= 4 is 11.8 Å². The molecule has 140 valence electrons. The van der Waals surface area contributed by atoms with Gasteiger partial charge in [0, 0.05) is 16.4 Å². The molecule has 4 unspecified atom stereocenters. The lowest BCUT2D eigenvalue weighted by Crippen LogP contribution is -2.47. The zero-order chi connectivity index (χ0) is 17.0. The van der Waals surface area contributed by atoms with Crippen molar-refractivity contribution in [3.8, 4) is 0 Å². The lowest BCUT2D eigenvalue weighted by Gasteiger charge is -2.46. The third-order valence-corrected chi connectivity index (χ3v) is 9.51. The molecule has 0 radical (unpaired) electrons. The molecule has 0 aromatic heterocycles. The van der Waals surface area contributed by atoms with Crippen LogP contribution in [-0.2, 0) is 0 Å². The van der Waals surface area contributed by atoms with Crippen LogP contribution in [0, 0.1) is 23.2 Å². The molecule has 0 aromatic carbocycles. The van der Waals surface area contributed by atoms with Crippen molar-refractivity contribution in [2.24, 2.45) is 23.2 Å². The van der Waals surface area contributed by atoms with Crippen molar-refractivity contribution in [2.45, 2.75) is 109 Å². The quantitative estimate of drug-likeness (QED) is 0.614. The highest BCUT2D eigenvalue weighted by molar-refractivity contribution is 7.99. The summed E-state index contributed by atoms with van der Waals surface area (Å²) < 4.78 is 0. The number of hydrogen-bond acceptors (Lipinski definition) is 2. The van der Waals surface area contributed by atoms with Crippen LogP contribution in [0.1, 0.15) is 97.3 Å². The van der Waals surface area contributed by atoms with Crippen LogP contribution >= 0.6 is 11.8 Å². The standard InChI is InChI=1S/C22H40OS/c1-3-5-15-22(4-2)16-24-19-14-10-9-13-18(19)20(21(22)23)17-11-7-6-8-12-17/h17-21,23H,3-16H2,1-2H3/t18?,19?,20?,21?,22-/m1/s1. The van der Waals surface area contributed by atoms with Crippen molar-refractivity contribution in [2.75, 3.05) is 5.75 Å². The lowest BCUT2D eigenvalue weighted by atomic mass is 9.61. The van der Waals surface area contributed by atoms with Gasteiger partial charge in [0.25, 0.3) is 0 Å². The number of fused-ring (bicyclic) bond motifs is 1. The van der Waals surface area contributed by atoms with E-state index in [1.807, 2.05) is 0 Å². The molecule has 24 heavy (non-hydrogen) atoms. The molecular formula is C22H40OS. The predicted octanol–water partition coefficient (Wildman–Crippen LogP) is 6.44. The van der Waals surface area contributed by atoms with E-state index >= 15 is 0 Å². The molecule has 1 nitrogen and oxygen atoms in total. The monoisotopic (exact) mass is 352 g/mol. The first-order valence-electron chi connectivity index (χ1n) is 11.0. The third kappa shape index (κ3) is 3.85. The molecule has 1 N–H and O–H groups in total. The van der Waals surface area contributed by atoms with Crippen LogP contribution in [0.15, 0.2) is 0 Å². The molecule has 3 fully saturated rings. The van der Waals surface area contributed by atoms with Gasteiger partial charge in [0.2, 0.25) is 0 Å². The lowest BCUT2D eigenvalue weighted by molar-refractivity contribution is -0.0637. The summed E-state index contributed by atoms with van der Waals surface area (Å²) in [6.07, 6.45) is 17.6. The van der Waals surface area contributed by atoms with E-state index in [-0.39, 0.29) is 11.5 Å². The Hall–Kier alpha value is 0.310. The minimum atomic E-state index is -0.0438. The molecule has 5 atom stereocenters. The summed E-state index contributed by atoms with van der Waals surface area (Å²) in [6, 6.07) is 0. The number of unbranched alkanes of at least 4 members (excludes halogenated alkanes) is 1. The van der Waals surface area contributed by atoms with Crippen LogP contribution in [0.2, 0.25) is 0 Å². The van der Waals surface area contributed by atoms with Gasteiger partial charge in [0.1, 0.15) is 0 Å². The maximum absolute atomic E-state index is 11.8. The molecular weight excluding hydrogens is 312 g/mol. The van der Waals surface area contributed by atoms with Gasteiger partial charge < -0.3 is 5.11 Å². The van der Waals surface area contributed by atoms with E-state index < -0.39 is 0 Å². The molecule has 1 saturated heterocycles. The maximum atomic E-state index is 11.8. The summed E-state index contributed by atoms with van der Waals surface area (Å²) in [4.78, 5) is 0. The molecule has 2 aliphatic carbocycles. The summed E-state index contributed by atoms with van der Waals surface area (Å²) in [5, 5.41) is 12.6. The van der Waals surface area contributed by atoms with Gasteiger partial charge in [0.15, 0.2) is 0 Å². The Morgan fingerprint density at radius 2 is 1.67 bits per heavy atom. The normalized spacial score (nSPS) is 41.6. The average Bonchev–Trinajstić information content (AvgIpc) is 2.76. The van der Waals surface area contributed by atoms with Crippen molar-refractivity contribution < 1.29 is 5.11 Å². The number of thioether (sulfide) groups is 1. The Morgan fingerprint density at radius 3 is 2.38 bits per heavy atom. The molecule has 2 heteroatoms. The van der Waals surface area contributed by atoms with Gasteiger partial charge in [-0.3, -0.25) is 0 Å². The Kier molecular flexibility index (Phi) is 7.00. The average molecular weight is 353 g/mol. The smallest absolute Gasteiger partial charge is 0.0638 e. The fourth-order valence-corrected chi connectivity index (χ4v) is 8.10. The van der Waals surface area contributed by atoms with Gasteiger partial charge in [-0.15, -0.1) is 0 Å². The predicted molar refractivity (Wildman–Crippen MR) is 107 cm³/mol. The summed E-state index contributed by atoms with van der Waals surface area (Å²) in [7, 11) is 0. The second-order valence-electron chi connectivity index (χ2n) is 9.04. The van der Waals surface area contributed by atoms with E-state index in [1.165, 1.54) is 89.2 Å². The first kappa shape index (κ1) is 19.1. The summed E-state index contributed by atoms with van der Waals surface area (Å²) >= 11 is 2.26. The van der Waals surface area contributed by atoms with E-state index in [4.69, 9.17) is 0 Å². The minimum Gasteiger partial charge on any atom is -0.392 e. The van der Waals surface area contributed by atoms with E-state index in [9.17, 15) is 5.11 Å². The molecule has 0 amide bonds. The summed E-state index contributed by atoms with van der Waals surface area (Å²) in [5.74, 6) is 3.43. The van der Waals surface area contributed by atoms with Gasteiger partial charge in [-0.2, -0.15) is 11.8 Å². The molecule has 3 rings (SSSR count). The highest BCUT2D eigenvalue weighted by Gasteiger charge is 2.50. The highest BCUT2D eigenvalue weighted by Crippen LogP contribution is 2.54. The van der Waals surface area contributed by atoms with Crippen LogP contribution in [0.3, 0.4) is 0 Å². The van der Waals surface area contributed by atoms with Crippen LogP contribution in [0.25, 0.3) is 0 Å². The van der Waals surface area contributed by atoms with Crippen molar-refractivity contribution in [3.63, 3.8) is 0 Å². The first-order chi connectivity index (χ1) is 11.7. The highest BCUT2D eigenvalue weighted by atomic mass is 32.2. The molecule has 3 aliphatic rings. The fraction of sp³-hybridized carbons (Fsp3) is 1.00. The minimum absolute atomic E-state index is 0.0438. The van der Waals surface area contributed by atoms with Crippen LogP contribution < -0.4 is 0 Å². The van der Waals surface area contributed by atoms with Gasteiger partial charge in [-0.25, -0.2) is 0 Å². The van der Waals surface area contributed by atoms with Crippen molar-refractivity contribution in [1.82, 2.24) is 0 Å². The van der Waals surface area contributed by atoms with Crippen molar-refractivity contribution in [1.29, 1.82) is 0 Å². The Bertz CT molecular complexity index is 378. The zero-order valence-electron chi connectivity index (χ0n) is 16.1. The molecule has 0 spiro atoms. The number of aliphatic hydroxyl groups excluding tert-OH is 1. The van der Waals surface area contributed by atoms with Gasteiger partial charge in [-0.05, 0) is 43.4 Å². The SMILES string of the molecule is CCCC[C@]1(CC)CSC2CCCCC2C(C2CCCCC2)C1O. The van der Waals surface area contributed by atoms with E-state index in [1.54, 1.807) is 0 Å². The van der Waals surface area contributed by atoms with Gasteiger partial charge in [0.05, 0.1) is 6.10 Å². The Balaban J connectivity index is 1.88. The van der Waals surface area contributed by atoms with Crippen LogP contribution in [0.5, 0.6) is 0 Å². The largest absolute Gasteiger partial charge is 0.392 e. The van der Waals surface area contributed by atoms with Crippen LogP contribution in [0.4, 0.5) is 0 Å². The van der Waals surface area contributed by atoms with E-state index in [0.29, 0.717) is 5.92 Å². The topological polar surface area (TPSA) is 20.2 Å². The second kappa shape index (κ2) is 8.80. The first-order valence-corrected chi connectivity index (χ1v) is 12.1. The van der Waals surface area contributed by atoms with Crippen molar-refractivity contribution in [3.05, 3.63) is 0 Å².